The first kappa shape index (κ1) is 18.3. The zero-order chi connectivity index (χ0) is 18.9. The van der Waals surface area contributed by atoms with Gasteiger partial charge in [0, 0.05) is 18.8 Å². The smallest absolute Gasteiger partial charge is 0.275 e. The number of amides is 1. The first-order valence-electron chi connectivity index (χ1n) is 8.39. The minimum atomic E-state index is -2.97. The van der Waals surface area contributed by atoms with Crippen LogP contribution in [0.15, 0.2) is 30.6 Å². The van der Waals surface area contributed by atoms with Crippen molar-refractivity contribution in [1.29, 1.82) is 0 Å². The molecule has 1 fully saturated rings. The van der Waals surface area contributed by atoms with Gasteiger partial charge < -0.3 is 10.2 Å². The fourth-order valence-corrected chi connectivity index (χ4v) is 4.80. The van der Waals surface area contributed by atoms with Crippen LogP contribution in [0.5, 0.6) is 0 Å². The van der Waals surface area contributed by atoms with Crippen molar-refractivity contribution in [2.24, 2.45) is 0 Å². The molecule has 1 N–H and O–H groups in total. The van der Waals surface area contributed by atoms with Crippen molar-refractivity contribution < 1.29 is 13.2 Å². The summed E-state index contributed by atoms with van der Waals surface area (Å²) >= 11 is 0. The van der Waals surface area contributed by atoms with E-state index in [1.165, 1.54) is 12.4 Å². The van der Waals surface area contributed by atoms with Crippen molar-refractivity contribution in [2.75, 3.05) is 28.8 Å². The van der Waals surface area contributed by atoms with Gasteiger partial charge in [-0.15, -0.1) is 0 Å². The highest BCUT2D eigenvalue weighted by Gasteiger charge is 2.31. The Morgan fingerprint density at radius 1 is 1.23 bits per heavy atom. The van der Waals surface area contributed by atoms with Crippen molar-refractivity contribution in [3.05, 3.63) is 47.4 Å². The lowest BCUT2D eigenvalue weighted by Gasteiger charge is -2.24. The van der Waals surface area contributed by atoms with Gasteiger partial charge in [-0.3, -0.25) is 4.79 Å². The van der Waals surface area contributed by atoms with Gasteiger partial charge in [0.2, 0.25) is 0 Å². The molecule has 8 heteroatoms. The van der Waals surface area contributed by atoms with Gasteiger partial charge in [0.25, 0.3) is 5.91 Å². The molecule has 2 heterocycles. The number of aryl methyl sites for hydroxylation is 2. The normalized spacial score (nSPS) is 18.5. The predicted octanol–water partition coefficient (Wildman–Crippen LogP) is 1.97. The Morgan fingerprint density at radius 3 is 2.58 bits per heavy atom. The highest BCUT2D eigenvalue weighted by Crippen LogP contribution is 2.21. The van der Waals surface area contributed by atoms with E-state index in [2.05, 4.69) is 15.3 Å². The van der Waals surface area contributed by atoms with Crippen LogP contribution < -0.4 is 10.2 Å². The number of aromatic nitrogens is 2. The Kier molecular flexibility index (Phi) is 4.95. The standard InChI is InChI=1S/C18H22N4O3S/c1-12-4-5-15(13(2)8-12)21-18(23)16-9-20-17(10-19-16)22(3)14-6-7-26(24,25)11-14/h4-5,8-10,14H,6-7,11H2,1-3H3,(H,21,23). The van der Waals surface area contributed by atoms with E-state index in [9.17, 15) is 13.2 Å². The van der Waals surface area contributed by atoms with E-state index >= 15 is 0 Å². The molecule has 0 bridgehead atoms. The Morgan fingerprint density at radius 2 is 2.00 bits per heavy atom. The maximum atomic E-state index is 12.4. The number of rotatable bonds is 4. The molecule has 1 amide bonds. The van der Waals surface area contributed by atoms with Gasteiger partial charge in [-0.25, -0.2) is 18.4 Å². The lowest BCUT2D eigenvalue weighted by Crippen LogP contribution is -2.33. The summed E-state index contributed by atoms with van der Waals surface area (Å²) in [5, 5.41) is 2.83. The molecule has 0 saturated carbocycles. The van der Waals surface area contributed by atoms with Gasteiger partial charge in [0.1, 0.15) is 11.5 Å². The third-order valence-corrected chi connectivity index (χ3v) is 6.37. The highest BCUT2D eigenvalue weighted by molar-refractivity contribution is 7.91. The van der Waals surface area contributed by atoms with Crippen LogP contribution in [0.1, 0.15) is 28.0 Å². The molecule has 1 aliphatic heterocycles. The lowest BCUT2D eigenvalue weighted by atomic mass is 10.1. The number of hydrogen-bond donors (Lipinski definition) is 1. The van der Waals surface area contributed by atoms with E-state index in [1.807, 2.05) is 36.9 Å². The molecule has 1 aromatic carbocycles. The SMILES string of the molecule is Cc1ccc(NC(=O)c2cnc(N(C)C3CCS(=O)(=O)C3)cn2)c(C)c1. The summed E-state index contributed by atoms with van der Waals surface area (Å²) in [6, 6.07) is 5.68. The van der Waals surface area contributed by atoms with Crippen molar-refractivity contribution in [1.82, 2.24) is 9.97 Å². The molecule has 1 unspecified atom stereocenters. The Balaban J connectivity index is 1.70. The van der Waals surface area contributed by atoms with Crippen LogP contribution in [-0.2, 0) is 9.84 Å². The van der Waals surface area contributed by atoms with Crippen LogP contribution in [0.2, 0.25) is 0 Å². The van der Waals surface area contributed by atoms with Crippen molar-refractivity contribution in [3.8, 4) is 0 Å². The zero-order valence-corrected chi connectivity index (χ0v) is 15.9. The van der Waals surface area contributed by atoms with Gasteiger partial charge in [-0.2, -0.15) is 0 Å². The van der Waals surface area contributed by atoms with Crippen LogP contribution >= 0.6 is 0 Å². The number of sulfone groups is 1. The molecule has 7 nitrogen and oxygen atoms in total. The Hall–Kier alpha value is -2.48. The second-order valence-corrected chi connectivity index (χ2v) is 8.93. The van der Waals surface area contributed by atoms with Gasteiger partial charge in [-0.1, -0.05) is 17.7 Å². The maximum absolute atomic E-state index is 12.4. The van der Waals surface area contributed by atoms with E-state index in [1.54, 1.807) is 7.05 Å². The lowest BCUT2D eigenvalue weighted by molar-refractivity contribution is 0.102. The van der Waals surface area contributed by atoms with Gasteiger partial charge in [0.05, 0.1) is 23.9 Å². The molecule has 2 aromatic rings. The molecular weight excluding hydrogens is 352 g/mol. The van der Waals surface area contributed by atoms with Crippen molar-refractivity contribution >= 4 is 27.2 Å². The third kappa shape index (κ3) is 4.01. The topological polar surface area (TPSA) is 92.3 Å². The van der Waals surface area contributed by atoms with Crippen LogP contribution in [0.25, 0.3) is 0 Å². The van der Waals surface area contributed by atoms with E-state index in [0.29, 0.717) is 12.2 Å². The summed E-state index contributed by atoms with van der Waals surface area (Å²) in [5.74, 6) is 0.545. The maximum Gasteiger partial charge on any atom is 0.275 e. The summed E-state index contributed by atoms with van der Waals surface area (Å²) in [5.41, 5.74) is 3.05. The third-order valence-electron chi connectivity index (χ3n) is 4.62. The number of anilines is 2. The number of carbonyl (C=O) groups excluding carboxylic acids is 1. The summed E-state index contributed by atoms with van der Waals surface area (Å²) in [7, 11) is -1.17. The average Bonchev–Trinajstić information content (AvgIpc) is 2.97. The van der Waals surface area contributed by atoms with Gasteiger partial charge in [0.15, 0.2) is 9.84 Å². The first-order chi connectivity index (χ1) is 12.2. The number of carbonyl (C=O) groups is 1. The Labute approximate surface area is 153 Å². The second-order valence-electron chi connectivity index (χ2n) is 6.70. The summed E-state index contributed by atoms with van der Waals surface area (Å²) in [6.07, 6.45) is 3.49. The summed E-state index contributed by atoms with van der Waals surface area (Å²) in [4.78, 5) is 22.6. The van der Waals surface area contributed by atoms with Crippen LogP contribution in [0.3, 0.4) is 0 Å². The van der Waals surface area contributed by atoms with Crippen molar-refractivity contribution in [3.63, 3.8) is 0 Å². The molecule has 1 saturated heterocycles. The number of hydrogen-bond acceptors (Lipinski definition) is 6. The monoisotopic (exact) mass is 374 g/mol. The van der Waals surface area contributed by atoms with Crippen LogP contribution in [0.4, 0.5) is 11.5 Å². The van der Waals surface area contributed by atoms with Gasteiger partial charge in [-0.05, 0) is 31.9 Å². The van der Waals surface area contributed by atoms with Gasteiger partial charge >= 0.3 is 0 Å². The van der Waals surface area contributed by atoms with Crippen LogP contribution in [-0.4, -0.2) is 48.9 Å². The molecule has 0 radical (unpaired) electrons. The first-order valence-corrected chi connectivity index (χ1v) is 10.2. The minimum Gasteiger partial charge on any atom is -0.354 e. The number of nitrogens with zero attached hydrogens (tertiary/aromatic N) is 3. The van der Waals surface area contributed by atoms with E-state index in [-0.39, 0.29) is 29.1 Å². The summed E-state index contributed by atoms with van der Waals surface area (Å²) < 4.78 is 23.3. The molecule has 1 aliphatic rings. The summed E-state index contributed by atoms with van der Waals surface area (Å²) in [6.45, 7) is 3.93. The molecule has 1 atom stereocenters. The quantitative estimate of drug-likeness (QED) is 0.880. The molecule has 1 aromatic heterocycles. The average molecular weight is 374 g/mol. The molecule has 26 heavy (non-hydrogen) atoms. The molecule has 138 valence electrons. The van der Waals surface area contributed by atoms with Crippen LogP contribution in [0, 0.1) is 13.8 Å². The molecule has 3 rings (SSSR count). The van der Waals surface area contributed by atoms with E-state index < -0.39 is 9.84 Å². The Bertz CT molecular complexity index is 926. The molecule has 0 aliphatic carbocycles. The van der Waals surface area contributed by atoms with E-state index in [0.717, 1.165) is 16.8 Å². The zero-order valence-electron chi connectivity index (χ0n) is 15.1. The van der Waals surface area contributed by atoms with E-state index in [4.69, 9.17) is 0 Å². The second kappa shape index (κ2) is 7.03. The number of nitrogens with one attached hydrogen (secondary N) is 1. The molecule has 0 spiro atoms. The largest absolute Gasteiger partial charge is 0.354 e. The fraction of sp³-hybridized carbons (Fsp3) is 0.389. The fourth-order valence-electron chi connectivity index (χ4n) is 3.03. The van der Waals surface area contributed by atoms with Crippen molar-refractivity contribution in [2.45, 2.75) is 26.3 Å². The highest BCUT2D eigenvalue weighted by atomic mass is 32.2. The molecular formula is C18H22N4O3S. The minimum absolute atomic E-state index is 0.107. The number of benzene rings is 1. The predicted molar refractivity (Wildman–Crippen MR) is 101 cm³/mol.